The summed E-state index contributed by atoms with van der Waals surface area (Å²) in [5, 5.41) is 13.8. The monoisotopic (exact) mass is 433 g/mol. The molecule has 0 radical (unpaired) electrons. The minimum atomic E-state index is -1.03. The number of hydrazone groups is 1. The van der Waals surface area contributed by atoms with Crippen LogP contribution in [-0.2, 0) is 5.72 Å². The van der Waals surface area contributed by atoms with E-state index >= 15 is 0 Å². The van der Waals surface area contributed by atoms with Gasteiger partial charge in [-0.15, -0.1) is 26.7 Å². The van der Waals surface area contributed by atoms with Crippen LogP contribution in [0, 0.1) is 0 Å². The Morgan fingerprint density at radius 1 is 0.926 bits per heavy atom. The van der Waals surface area contributed by atoms with Gasteiger partial charge >= 0.3 is 0 Å². The van der Waals surface area contributed by atoms with Crippen molar-refractivity contribution in [3.63, 3.8) is 0 Å². The van der Waals surface area contributed by atoms with E-state index < -0.39 is 5.72 Å². The number of rotatable bonds is 4. The summed E-state index contributed by atoms with van der Waals surface area (Å²) in [6.45, 7) is 1.78. The largest absolute Gasteiger partial charge is 0.497 e. The normalized spacial score (nSPS) is 21.5. The zero-order valence-electron chi connectivity index (χ0n) is 15.7. The third-order valence-corrected chi connectivity index (χ3v) is 5.41. The van der Waals surface area contributed by atoms with E-state index in [-0.39, 0.29) is 17.0 Å². The first-order chi connectivity index (χ1) is 12.7. The second kappa shape index (κ2) is 7.90. The molecule has 1 saturated heterocycles. The van der Waals surface area contributed by atoms with E-state index in [1.54, 1.807) is 14.2 Å². The lowest BCUT2D eigenvalue weighted by Gasteiger charge is -2.33. The number of halogens is 1. The SMILES string of the molecule is Br.COc1ccc(C2=[N+]3CCCCN3C(O)(c3ccc(OC)cc3)C2)cc1. The Kier molecular flexibility index (Phi) is 5.77. The summed E-state index contributed by atoms with van der Waals surface area (Å²) in [6.07, 6.45) is 2.78. The van der Waals surface area contributed by atoms with E-state index in [0.717, 1.165) is 54.3 Å². The van der Waals surface area contributed by atoms with Crippen molar-refractivity contribution in [3.05, 3.63) is 59.7 Å². The minimum Gasteiger partial charge on any atom is -0.497 e. The van der Waals surface area contributed by atoms with Crippen LogP contribution in [0.15, 0.2) is 48.5 Å². The fraction of sp³-hybridized carbons (Fsp3) is 0.381. The van der Waals surface area contributed by atoms with Gasteiger partial charge in [-0.3, -0.25) is 0 Å². The van der Waals surface area contributed by atoms with Gasteiger partial charge in [0, 0.05) is 17.5 Å². The second-order valence-corrected chi connectivity index (χ2v) is 6.85. The minimum absolute atomic E-state index is 0. The molecule has 0 bridgehead atoms. The molecule has 1 fully saturated rings. The van der Waals surface area contributed by atoms with Crippen molar-refractivity contribution in [1.82, 2.24) is 5.01 Å². The van der Waals surface area contributed by atoms with Gasteiger partial charge in [-0.05, 0) is 42.8 Å². The van der Waals surface area contributed by atoms with Gasteiger partial charge in [-0.2, -0.15) is 0 Å². The van der Waals surface area contributed by atoms with E-state index in [0.29, 0.717) is 6.42 Å². The van der Waals surface area contributed by atoms with Gasteiger partial charge in [0.1, 0.15) is 11.5 Å². The molecule has 5 nitrogen and oxygen atoms in total. The Bertz CT molecular complexity index is 820. The topological polar surface area (TPSA) is 44.9 Å². The van der Waals surface area contributed by atoms with Crippen molar-refractivity contribution < 1.29 is 19.3 Å². The van der Waals surface area contributed by atoms with Crippen molar-refractivity contribution in [3.8, 4) is 11.5 Å². The summed E-state index contributed by atoms with van der Waals surface area (Å²) in [5.41, 5.74) is 2.16. The van der Waals surface area contributed by atoms with Crippen LogP contribution in [0.1, 0.15) is 30.4 Å². The molecule has 27 heavy (non-hydrogen) atoms. The zero-order valence-corrected chi connectivity index (χ0v) is 17.4. The number of hydrogen-bond donors (Lipinski definition) is 1. The molecule has 0 saturated carbocycles. The Morgan fingerprint density at radius 3 is 2.11 bits per heavy atom. The Hall–Kier alpha value is -2.05. The molecule has 6 heteroatoms. The van der Waals surface area contributed by atoms with Gasteiger partial charge in [-0.25, -0.2) is 0 Å². The highest BCUT2D eigenvalue weighted by Gasteiger charge is 2.53. The summed E-state index contributed by atoms with van der Waals surface area (Å²) in [6, 6.07) is 15.8. The summed E-state index contributed by atoms with van der Waals surface area (Å²) < 4.78 is 12.8. The van der Waals surface area contributed by atoms with Crippen molar-refractivity contribution in [2.45, 2.75) is 25.0 Å². The van der Waals surface area contributed by atoms with Crippen LogP contribution in [0.3, 0.4) is 0 Å². The van der Waals surface area contributed by atoms with Gasteiger partial charge < -0.3 is 14.6 Å². The predicted octanol–water partition coefficient (Wildman–Crippen LogP) is 3.34. The molecule has 144 valence electrons. The Morgan fingerprint density at radius 2 is 1.52 bits per heavy atom. The first-order valence-corrected chi connectivity index (χ1v) is 9.08. The maximum Gasteiger partial charge on any atom is 0.225 e. The number of aliphatic hydroxyl groups is 1. The highest BCUT2D eigenvalue weighted by Crippen LogP contribution is 2.38. The Balaban J connectivity index is 0.00000210. The molecular formula is C21H26BrN2O3+. The summed E-state index contributed by atoms with van der Waals surface area (Å²) >= 11 is 0. The summed E-state index contributed by atoms with van der Waals surface area (Å²) in [4.78, 5) is 0. The smallest absolute Gasteiger partial charge is 0.225 e. The number of fused-ring (bicyclic) bond motifs is 1. The fourth-order valence-electron chi connectivity index (χ4n) is 3.99. The van der Waals surface area contributed by atoms with Crippen molar-refractivity contribution >= 4 is 22.7 Å². The van der Waals surface area contributed by atoms with E-state index in [9.17, 15) is 5.11 Å². The van der Waals surface area contributed by atoms with Crippen LogP contribution in [0.25, 0.3) is 0 Å². The average Bonchev–Trinajstić information content (AvgIpc) is 3.02. The molecule has 0 amide bonds. The van der Waals surface area contributed by atoms with Gasteiger partial charge in [0.2, 0.25) is 11.4 Å². The molecule has 0 aromatic heterocycles. The number of ether oxygens (including phenoxy) is 2. The molecular weight excluding hydrogens is 408 g/mol. The molecule has 2 aromatic rings. The fourth-order valence-corrected chi connectivity index (χ4v) is 3.99. The number of hydrogen-bond acceptors (Lipinski definition) is 4. The second-order valence-electron chi connectivity index (χ2n) is 6.85. The number of benzene rings is 2. The molecule has 1 N–H and O–H groups in total. The van der Waals surface area contributed by atoms with Crippen LogP contribution in [0.4, 0.5) is 0 Å². The van der Waals surface area contributed by atoms with Crippen LogP contribution < -0.4 is 9.47 Å². The maximum atomic E-state index is 11.7. The van der Waals surface area contributed by atoms with Crippen LogP contribution in [-0.4, -0.2) is 47.8 Å². The van der Waals surface area contributed by atoms with E-state index in [2.05, 4.69) is 21.8 Å². The third kappa shape index (κ3) is 3.44. The molecule has 2 aromatic carbocycles. The van der Waals surface area contributed by atoms with Crippen LogP contribution >= 0.6 is 17.0 Å². The molecule has 2 aliphatic heterocycles. The molecule has 2 aliphatic rings. The van der Waals surface area contributed by atoms with Gasteiger partial charge in [0.15, 0.2) is 6.54 Å². The summed E-state index contributed by atoms with van der Waals surface area (Å²) in [5.74, 6) is 1.64. The zero-order chi connectivity index (χ0) is 18.1. The van der Waals surface area contributed by atoms with Gasteiger partial charge in [-0.1, -0.05) is 12.1 Å². The first kappa shape index (κ1) is 19.7. The summed E-state index contributed by atoms with van der Waals surface area (Å²) in [7, 11) is 3.33. The van der Waals surface area contributed by atoms with Crippen LogP contribution in [0.5, 0.6) is 11.5 Å². The highest BCUT2D eigenvalue weighted by molar-refractivity contribution is 8.93. The number of methoxy groups -OCH3 is 2. The highest BCUT2D eigenvalue weighted by atomic mass is 79.9. The van der Waals surface area contributed by atoms with Gasteiger partial charge in [0.25, 0.3) is 0 Å². The lowest BCUT2D eigenvalue weighted by molar-refractivity contribution is -0.717. The molecule has 4 rings (SSSR count). The van der Waals surface area contributed by atoms with Gasteiger partial charge in [0.05, 0.1) is 27.2 Å². The Labute approximate surface area is 170 Å². The third-order valence-electron chi connectivity index (χ3n) is 5.41. The predicted molar refractivity (Wildman–Crippen MR) is 110 cm³/mol. The van der Waals surface area contributed by atoms with Crippen molar-refractivity contribution in [1.29, 1.82) is 0 Å². The molecule has 1 unspecified atom stereocenters. The number of nitrogens with zero attached hydrogens (tertiary/aromatic N) is 2. The molecule has 0 aliphatic carbocycles. The quantitative estimate of drug-likeness (QED) is 0.750. The maximum absolute atomic E-state index is 11.7. The lowest BCUT2D eigenvalue weighted by Crippen LogP contribution is -2.49. The average molecular weight is 434 g/mol. The standard InChI is InChI=1S/C21H25N2O3.BrH/c1-25-18-9-5-16(6-10-18)20-15-21(24,23-14-4-3-13-22(20)23)17-7-11-19(26-2)12-8-17;/h5-12,24H,3-4,13-15H2,1-2H3;1H/q+1;. The molecule has 1 atom stereocenters. The number of hydrazine groups is 1. The first-order valence-electron chi connectivity index (χ1n) is 9.08. The molecule has 0 spiro atoms. The molecule has 2 heterocycles. The van der Waals surface area contributed by atoms with Crippen molar-refractivity contribution in [2.24, 2.45) is 0 Å². The van der Waals surface area contributed by atoms with E-state index in [1.165, 1.54) is 0 Å². The van der Waals surface area contributed by atoms with E-state index in [4.69, 9.17) is 9.47 Å². The van der Waals surface area contributed by atoms with Crippen molar-refractivity contribution in [2.75, 3.05) is 27.3 Å². The van der Waals surface area contributed by atoms with Crippen LogP contribution in [0.2, 0.25) is 0 Å². The lowest BCUT2D eigenvalue weighted by atomic mass is 9.94. The van der Waals surface area contributed by atoms with E-state index in [1.807, 2.05) is 36.4 Å².